The number of fused-ring (bicyclic) bond motifs is 1. The molecule has 2 aromatic carbocycles. The summed E-state index contributed by atoms with van der Waals surface area (Å²) >= 11 is 6.18. The van der Waals surface area contributed by atoms with Crippen molar-refractivity contribution in [3.05, 3.63) is 76.6 Å². The van der Waals surface area contributed by atoms with E-state index in [0.717, 1.165) is 16.5 Å². The number of anilines is 1. The van der Waals surface area contributed by atoms with Gasteiger partial charge in [-0.3, -0.25) is 14.5 Å². The predicted octanol–water partition coefficient (Wildman–Crippen LogP) is 5.35. The average Bonchev–Trinajstić information content (AvgIpc) is 3.16. The number of hydrogen-bond donors (Lipinski definition) is 1. The Morgan fingerprint density at radius 3 is 2.60 bits per heavy atom. The maximum atomic E-state index is 13.2. The molecule has 1 atom stereocenters. The molecule has 3 aromatic rings. The Kier molecular flexibility index (Phi) is 5.16. The van der Waals surface area contributed by atoms with E-state index in [1.54, 1.807) is 24.3 Å². The smallest absolute Gasteiger partial charge is 0.294 e. The first-order valence-corrected chi connectivity index (χ1v) is 10.3. The van der Waals surface area contributed by atoms with Gasteiger partial charge in [-0.1, -0.05) is 49.7 Å². The highest BCUT2D eigenvalue weighted by Crippen LogP contribution is 2.44. The number of Topliss-reactive ketones (excluding diaryl/α,β-unsaturated/α-hetero) is 1. The normalized spacial score (nSPS) is 16.9. The van der Waals surface area contributed by atoms with Crippen molar-refractivity contribution in [2.75, 3.05) is 4.90 Å². The lowest BCUT2D eigenvalue weighted by molar-refractivity contribution is -0.118. The highest BCUT2D eigenvalue weighted by atomic mass is 35.5. The molecule has 6 heteroatoms. The van der Waals surface area contributed by atoms with E-state index in [2.05, 4.69) is 0 Å². The molecule has 1 unspecified atom stereocenters. The van der Waals surface area contributed by atoms with Crippen molar-refractivity contribution in [3.63, 3.8) is 0 Å². The number of aliphatic hydroxyl groups is 1. The number of aliphatic hydroxyl groups excluding tert-OH is 1. The first-order valence-electron chi connectivity index (χ1n) is 9.89. The third-order valence-corrected chi connectivity index (χ3v) is 5.65. The third kappa shape index (κ3) is 3.29. The summed E-state index contributed by atoms with van der Waals surface area (Å²) in [6.45, 7) is 3.88. The second kappa shape index (κ2) is 7.65. The Balaban J connectivity index is 1.96. The van der Waals surface area contributed by atoms with Gasteiger partial charge >= 0.3 is 0 Å². The van der Waals surface area contributed by atoms with Crippen LogP contribution in [0.1, 0.15) is 31.9 Å². The maximum absolute atomic E-state index is 13.2. The number of nitrogens with zero attached hydrogens (tertiary/aromatic N) is 2. The minimum atomic E-state index is -0.728. The molecule has 30 heavy (non-hydrogen) atoms. The van der Waals surface area contributed by atoms with E-state index in [0.29, 0.717) is 10.7 Å². The average molecular weight is 423 g/mol. The number of hydrogen-bond acceptors (Lipinski definition) is 3. The highest BCUT2D eigenvalue weighted by molar-refractivity contribution is 6.31. The Morgan fingerprint density at radius 2 is 1.90 bits per heavy atom. The number of ketones is 1. The second-order valence-electron chi connectivity index (χ2n) is 8.05. The summed E-state index contributed by atoms with van der Waals surface area (Å²) in [4.78, 5) is 27.8. The van der Waals surface area contributed by atoms with Crippen LogP contribution in [0.5, 0.6) is 0 Å². The minimum absolute atomic E-state index is 0.0984. The van der Waals surface area contributed by atoms with Crippen LogP contribution in [0.25, 0.3) is 10.9 Å². The summed E-state index contributed by atoms with van der Waals surface area (Å²) in [5.41, 5.74) is 2.44. The van der Waals surface area contributed by atoms with Crippen LogP contribution < -0.4 is 4.90 Å². The van der Waals surface area contributed by atoms with Gasteiger partial charge in [0.2, 0.25) is 0 Å². The van der Waals surface area contributed by atoms with Crippen LogP contribution in [0.15, 0.2) is 66.1 Å². The van der Waals surface area contributed by atoms with E-state index in [9.17, 15) is 14.7 Å². The summed E-state index contributed by atoms with van der Waals surface area (Å²) in [5.74, 6) is -1.21. The van der Waals surface area contributed by atoms with Gasteiger partial charge in [0.25, 0.3) is 5.91 Å². The van der Waals surface area contributed by atoms with Crippen LogP contribution in [0.3, 0.4) is 0 Å². The van der Waals surface area contributed by atoms with Gasteiger partial charge in [0.15, 0.2) is 11.5 Å². The van der Waals surface area contributed by atoms with Gasteiger partial charge < -0.3 is 9.67 Å². The van der Waals surface area contributed by atoms with Crippen molar-refractivity contribution >= 4 is 39.9 Å². The highest BCUT2D eigenvalue weighted by Gasteiger charge is 2.45. The molecule has 1 amide bonds. The van der Waals surface area contributed by atoms with Gasteiger partial charge in [-0.05, 0) is 30.2 Å². The minimum Gasteiger partial charge on any atom is -0.503 e. The molecule has 5 nitrogen and oxygen atoms in total. The van der Waals surface area contributed by atoms with Crippen LogP contribution in [0.2, 0.25) is 5.02 Å². The largest absolute Gasteiger partial charge is 0.503 e. The zero-order valence-corrected chi connectivity index (χ0v) is 17.8. The molecule has 0 aliphatic carbocycles. The zero-order chi connectivity index (χ0) is 21.6. The number of benzene rings is 2. The number of carbonyl (C=O) groups excluding carboxylic acids is 2. The Labute approximate surface area is 180 Å². The van der Waals surface area contributed by atoms with E-state index in [1.165, 1.54) is 4.90 Å². The number of rotatable bonds is 5. The van der Waals surface area contributed by atoms with Crippen molar-refractivity contribution in [2.45, 2.75) is 26.3 Å². The molecule has 0 bridgehead atoms. The van der Waals surface area contributed by atoms with E-state index >= 15 is 0 Å². The van der Waals surface area contributed by atoms with Crippen LogP contribution in [-0.2, 0) is 16.6 Å². The van der Waals surface area contributed by atoms with E-state index in [-0.39, 0.29) is 23.7 Å². The molecule has 1 aromatic heterocycles. The van der Waals surface area contributed by atoms with Crippen LogP contribution in [0, 0.1) is 5.92 Å². The number of halogens is 1. The van der Waals surface area contributed by atoms with Crippen molar-refractivity contribution in [2.24, 2.45) is 13.0 Å². The Bertz CT molecular complexity index is 1190. The lowest BCUT2D eigenvalue weighted by Gasteiger charge is -2.27. The summed E-state index contributed by atoms with van der Waals surface area (Å²) in [6.07, 6.45) is 2.17. The zero-order valence-electron chi connectivity index (χ0n) is 17.1. The molecule has 1 aliphatic rings. The number of para-hydroxylation sites is 1. The number of amides is 1. The van der Waals surface area contributed by atoms with Crippen molar-refractivity contribution in [1.29, 1.82) is 0 Å². The van der Waals surface area contributed by atoms with Crippen LogP contribution >= 0.6 is 11.6 Å². The third-order valence-electron chi connectivity index (χ3n) is 5.41. The summed E-state index contributed by atoms with van der Waals surface area (Å²) in [6, 6.07) is 14.0. The fourth-order valence-corrected chi connectivity index (χ4v) is 4.33. The van der Waals surface area contributed by atoms with Crippen molar-refractivity contribution < 1.29 is 14.7 Å². The topological polar surface area (TPSA) is 62.5 Å². The molecule has 0 saturated carbocycles. The van der Waals surface area contributed by atoms with Gasteiger partial charge in [-0.25, -0.2) is 0 Å². The quantitative estimate of drug-likeness (QED) is 0.603. The molecule has 0 spiro atoms. The molecule has 1 aliphatic heterocycles. The molecule has 0 saturated heterocycles. The van der Waals surface area contributed by atoms with E-state index in [4.69, 9.17) is 11.6 Å². The molecule has 4 rings (SSSR count). The maximum Gasteiger partial charge on any atom is 0.294 e. The van der Waals surface area contributed by atoms with Crippen LogP contribution in [-0.4, -0.2) is 21.4 Å². The number of aromatic nitrogens is 1. The van der Waals surface area contributed by atoms with Gasteiger partial charge in [0.05, 0.1) is 11.6 Å². The first kappa shape index (κ1) is 20.2. The summed E-state index contributed by atoms with van der Waals surface area (Å²) in [7, 11) is 1.92. The molecule has 2 heterocycles. The Hall–Kier alpha value is -3.05. The van der Waals surface area contributed by atoms with Crippen molar-refractivity contribution in [3.8, 4) is 0 Å². The lowest BCUT2D eigenvalue weighted by atomic mass is 9.92. The number of carbonyl (C=O) groups is 2. The summed E-state index contributed by atoms with van der Waals surface area (Å²) in [5, 5.41) is 12.2. The summed E-state index contributed by atoms with van der Waals surface area (Å²) < 4.78 is 1.96. The fraction of sp³-hybridized carbons (Fsp3) is 0.250. The molecular weight excluding hydrogens is 400 g/mol. The second-order valence-corrected chi connectivity index (χ2v) is 8.49. The standard InChI is InChI=1S/C24H23ClN2O3/c1-14(2)11-20(28)21-22(18-13-26(3)19-10-5-4-9-17(18)19)27(24(30)23(21)29)16-8-6-7-15(25)12-16/h4-10,12-14,22,29H,11H2,1-3H3. The predicted molar refractivity (Wildman–Crippen MR) is 119 cm³/mol. The Morgan fingerprint density at radius 1 is 1.17 bits per heavy atom. The van der Waals surface area contributed by atoms with Gasteiger partial charge in [0.1, 0.15) is 0 Å². The van der Waals surface area contributed by atoms with Gasteiger partial charge in [-0.2, -0.15) is 0 Å². The lowest BCUT2D eigenvalue weighted by Crippen LogP contribution is -2.31. The molecule has 154 valence electrons. The molecule has 0 radical (unpaired) electrons. The van der Waals surface area contributed by atoms with E-state index in [1.807, 2.05) is 55.9 Å². The monoisotopic (exact) mass is 422 g/mol. The van der Waals surface area contributed by atoms with Gasteiger partial charge in [-0.15, -0.1) is 0 Å². The van der Waals surface area contributed by atoms with Gasteiger partial charge in [0, 0.05) is 46.8 Å². The molecular formula is C24H23ClN2O3. The first-order chi connectivity index (χ1) is 14.3. The van der Waals surface area contributed by atoms with E-state index < -0.39 is 17.7 Å². The molecule has 1 N–H and O–H groups in total. The molecule has 0 fully saturated rings. The SMILES string of the molecule is CC(C)CC(=O)C1=C(O)C(=O)N(c2cccc(Cl)c2)C1c1cn(C)c2ccccc12. The van der Waals surface area contributed by atoms with Crippen LogP contribution in [0.4, 0.5) is 5.69 Å². The number of aryl methyl sites for hydroxylation is 1. The fourth-order valence-electron chi connectivity index (χ4n) is 4.15. The van der Waals surface area contributed by atoms with Crippen molar-refractivity contribution in [1.82, 2.24) is 4.57 Å².